The minimum Gasteiger partial charge on any atom is -0.316 e. The van der Waals surface area contributed by atoms with Gasteiger partial charge >= 0.3 is 0 Å². The summed E-state index contributed by atoms with van der Waals surface area (Å²) in [4.78, 5) is 12.1. The van der Waals surface area contributed by atoms with Gasteiger partial charge in [0.1, 0.15) is 5.82 Å². The number of nitrogens with zero attached hydrogens (tertiary/aromatic N) is 3. The highest BCUT2D eigenvalue weighted by Crippen LogP contribution is 2.24. The summed E-state index contributed by atoms with van der Waals surface area (Å²) in [6.07, 6.45) is 5.52. The Morgan fingerprint density at radius 3 is 2.96 bits per heavy atom. The van der Waals surface area contributed by atoms with Gasteiger partial charge in [0.2, 0.25) is 0 Å². The molecule has 1 aromatic heterocycles. The normalized spacial score (nSPS) is 21.9. The van der Waals surface area contributed by atoms with Gasteiger partial charge in [-0.2, -0.15) is 0 Å². The number of hydrogen-bond donors (Lipinski definition) is 1. The molecular formula is C21H28N4. The molecule has 0 unspecified atom stereocenters. The Morgan fingerprint density at radius 2 is 2.16 bits per heavy atom. The first-order chi connectivity index (χ1) is 12.3. The van der Waals surface area contributed by atoms with Crippen molar-refractivity contribution in [1.82, 2.24) is 20.2 Å². The smallest absolute Gasteiger partial charge is 0.132 e. The minimum absolute atomic E-state index is 0.509. The molecule has 0 amide bonds. The second-order valence-electron chi connectivity index (χ2n) is 7.52. The number of aromatic nitrogens is 2. The van der Waals surface area contributed by atoms with Gasteiger partial charge in [0.25, 0.3) is 0 Å². The van der Waals surface area contributed by atoms with Crippen LogP contribution >= 0.6 is 0 Å². The van der Waals surface area contributed by atoms with Gasteiger partial charge in [0.15, 0.2) is 0 Å². The van der Waals surface area contributed by atoms with E-state index < -0.39 is 0 Å². The van der Waals surface area contributed by atoms with Crippen LogP contribution in [-0.2, 0) is 13.0 Å². The Balaban J connectivity index is 1.35. The van der Waals surface area contributed by atoms with Crippen molar-refractivity contribution < 1.29 is 0 Å². The molecule has 2 aliphatic rings. The monoisotopic (exact) mass is 336 g/mol. The highest BCUT2D eigenvalue weighted by molar-refractivity contribution is 5.22. The van der Waals surface area contributed by atoms with Crippen molar-refractivity contribution in [2.45, 2.75) is 44.6 Å². The molecule has 0 radical (unpaired) electrons. The maximum Gasteiger partial charge on any atom is 0.132 e. The lowest BCUT2D eigenvalue weighted by Crippen LogP contribution is -2.33. The van der Waals surface area contributed by atoms with Crippen LogP contribution in [-0.4, -0.2) is 41.0 Å². The first-order valence-corrected chi connectivity index (χ1v) is 9.62. The van der Waals surface area contributed by atoms with Crippen molar-refractivity contribution in [2.75, 3.05) is 26.2 Å². The number of nitrogens with one attached hydrogen (secondary N) is 1. The second-order valence-corrected chi connectivity index (χ2v) is 7.52. The van der Waals surface area contributed by atoms with Crippen molar-refractivity contribution in [2.24, 2.45) is 0 Å². The first kappa shape index (κ1) is 16.7. The van der Waals surface area contributed by atoms with Gasteiger partial charge in [0, 0.05) is 49.4 Å². The lowest BCUT2D eigenvalue weighted by molar-refractivity contribution is 0.242. The van der Waals surface area contributed by atoms with Crippen molar-refractivity contribution >= 4 is 0 Å². The molecule has 2 atom stereocenters. The minimum atomic E-state index is 0.509. The van der Waals surface area contributed by atoms with E-state index in [1.54, 1.807) is 0 Å². The topological polar surface area (TPSA) is 41.1 Å². The second kappa shape index (κ2) is 7.63. The van der Waals surface area contributed by atoms with Gasteiger partial charge in [-0.1, -0.05) is 37.3 Å². The van der Waals surface area contributed by atoms with Crippen LogP contribution in [0.5, 0.6) is 0 Å². The molecule has 1 N–H and O–H groups in total. The summed E-state index contributed by atoms with van der Waals surface area (Å²) < 4.78 is 0. The van der Waals surface area contributed by atoms with Gasteiger partial charge in [-0.05, 0) is 37.4 Å². The van der Waals surface area contributed by atoms with Gasteiger partial charge in [-0.15, -0.1) is 0 Å². The van der Waals surface area contributed by atoms with E-state index in [0.29, 0.717) is 11.8 Å². The summed E-state index contributed by atoms with van der Waals surface area (Å²) in [6.45, 7) is 7.72. The molecule has 1 aromatic carbocycles. The Morgan fingerprint density at radius 1 is 1.28 bits per heavy atom. The van der Waals surface area contributed by atoms with Crippen LogP contribution in [0.1, 0.15) is 54.2 Å². The summed E-state index contributed by atoms with van der Waals surface area (Å²) >= 11 is 0. The average Bonchev–Trinajstić information content (AvgIpc) is 3.21. The largest absolute Gasteiger partial charge is 0.316 e. The molecule has 2 aliphatic heterocycles. The van der Waals surface area contributed by atoms with Crippen LogP contribution < -0.4 is 5.32 Å². The highest BCUT2D eigenvalue weighted by Gasteiger charge is 2.23. The predicted molar refractivity (Wildman–Crippen MR) is 101 cm³/mol. The molecule has 4 nitrogen and oxygen atoms in total. The molecular weight excluding hydrogens is 308 g/mol. The van der Waals surface area contributed by atoms with Gasteiger partial charge in [0.05, 0.1) is 0 Å². The molecule has 0 aliphatic carbocycles. The lowest BCUT2D eigenvalue weighted by Gasteiger charge is -2.29. The standard InChI is InChI=1S/C21H28N4/c1-16(17-5-3-2-4-6-17)8-11-25-12-9-20-19(15-25)14-23-21(24-20)18-7-10-22-13-18/h2-6,14,16,18,22H,7-13,15H2,1H3/t16-,18+/m1/s1. The van der Waals surface area contributed by atoms with E-state index in [4.69, 9.17) is 4.98 Å². The summed E-state index contributed by atoms with van der Waals surface area (Å²) in [5.74, 6) is 2.17. The zero-order valence-corrected chi connectivity index (χ0v) is 15.1. The Labute approximate surface area is 150 Å². The Kier molecular flexibility index (Phi) is 5.09. The van der Waals surface area contributed by atoms with E-state index in [1.807, 2.05) is 0 Å². The molecule has 0 bridgehead atoms. The summed E-state index contributed by atoms with van der Waals surface area (Å²) in [6, 6.07) is 10.8. The third-order valence-corrected chi connectivity index (χ3v) is 5.70. The fraction of sp³-hybridized carbons (Fsp3) is 0.524. The van der Waals surface area contributed by atoms with Gasteiger partial charge < -0.3 is 5.32 Å². The molecule has 3 heterocycles. The molecule has 4 heteroatoms. The lowest BCUT2D eigenvalue weighted by atomic mass is 9.97. The Hall–Kier alpha value is -1.78. The summed E-state index contributed by atoms with van der Waals surface area (Å²) in [5.41, 5.74) is 4.05. The summed E-state index contributed by atoms with van der Waals surface area (Å²) in [5, 5.41) is 3.41. The van der Waals surface area contributed by atoms with Crippen LogP contribution in [0.2, 0.25) is 0 Å². The van der Waals surface area contributed by atoms with Crippen molar-refractivity contribution in [3.8, 4) is 0 Å². The molecule has 1 fully saturated rings. The maximum atomic E-state index is 4.89. The van der Waals surface area contributed by atoms with Crippen LogP contribution in [0, 0.1) is 0 Å². The quantitative estimate of drug-likeness (QED) is 0.911. The number of rotatable bonds is 5. The summed E-state index contributed by atoms with van der Waals surface area (Å²) in [7, 11) is 0. The molecule has 2 aromatic rings. The zero-order valence-electron chi connectivity index (χ0n) is 15.1. The molecule has 25 heavy (non-hydrogen) atoms. The Bertz CT molecular complexity index is 694. The molecule has 0 spiro atoms. The fourth-order valence-corrected chi connectivity index (χ4v) is 3.98. The zero-order chi connectivity index (χ0) is 17.1. The van der Waals surface area contributed by atoms with E-state index in [0.717, 1.165) is 45.0 Å². The fourth-order valence-electron chi connectivity index (χ4n) is 3.98. The van der Waals surface area contributed by atoms with Crippen molar-refractivity contribution in [3.05, 3.63) is 59.2 Å². The molecule has 132 valence electrons. The SMILES string of the molecule is C[C@H](CCN1CCc2nc([C@H]3CCNC3)ncc2C1)c1ccccc1. The van der Waals surface area contributed by atoms with Crippen molar-refractivity contribution in [1.29, 1.82) is 0 Å². The van der Waals surface area contributed by atoms with E-state index in [9.17, 15) is 0 Å². The van der Waals surface area contributed by atoms with Gasteiger partial charge in [-0.3, -0.25) is 4.90 Å². The maximum absolute atomic E-state index is 4.89. The van der Waals surface area contributed by atoms with Crippen LogP contribution in [0.4, 0.5) is 0 Å². The number of fused-ring (bicyclic) bond motifs is 1. The van der Waals surface area contributed by atoms with Crippen LogP contribution in [0.3, 0.4) is 0 Å². The first-order valence-electron chi connectivity index (χ1n) is 9.62. The van der Waals surface area contributed by atoms with Crippen molar-refractivity contribution in [3.63, 3.8) is 0 Å². The van der Waals surface area contributed by atoms with E-state index in [2.05, 4.69) is 58.7 Å². The van der Waals surface area contributed by atoms with Crippen LogP contribution in [0.25, 0.3) is 0 Å². The van der Waals surface area contributed by atoms with E-state index in [-0.39, 0.29) is 0 Å². The van der Waals surface area contributed by atoms with Gasteiger partial charge in [-0.25, -0.2) is 9.97 Å². The predicted octanol–water partition coefficient (Wildman–Crippen LogP) is 3.11. The average molecular weight is 336 g/mol. The highest BCUT2D eigenvalue weighted by atomic mass is 15.1. The molecule has 1 saturated heterocycles. The number of hydrogen-bond acceptors (Lipinski definition) is 4. The van der Waals surface area contributed by atoms with Crippen LogP contribution in [0.15, 0.2) is 36.5 Å². The number of benzene rings is 1. The third kappa shape index (κ3) is 3.91. The molecule has 4 rings (SSSR count). The van der Waals surface area contributed by atoms with E-state index >= 15 is 0 Å². The van der Waals surface area contributed by atoms with E-state index in [1.165, 1.54) is 29.7 Å². The third-order valence-electron chi connectivity index (χ3n) is 5.70. The molecule has 0 saturated carbocycles.